The van der Waals surface area contributed by atoms with Gasteiger partial charge in [-0.15, -0.1) is 6.58 Å². The van der Waals surface area contributed by atoms with Gasteiger partial charge in [0, 0.05) is 24.1 Å². The molecule has 1 fully saturated rings. The van der Waals surface area contributed by atoms with Gasteiger partial charge >= 0.3 is 0 Å². The van der Waals surface area contributed by atoms with Crippen LogP contribution in [0.3, 0.4) is 0 Å². The molecule has 22 heavy (non-hydrogen) atoms. The van der Waals surface area contributed by atoms with Gasteiger partial charge in [0.15, 0.2) is 0 Å². The van der Waals surface area contributed by atoms with Crippen LogP contribution in [-0.4, -0.2) is 25.8 Å². The molecule has 1 aliphatic rings. The second-order valence-corrected chi connectivity index (χ2v) is 7.86. The largest absolute Gasteiger partial charge is 0.243 e. The third kappa shape index (κ3) is 2.72. The van der Waals surface area contributed by atoms with Crippen molar-refractivity contribution < 1.29 is 8.42 Å². The Morgan fingerprint density at radius 2 is 2.00 bits per heavy atom. The first-order valence-electron chi connectivity index (χ1n) is 7.05. The average Bonchev–Trinajstić information content (AvgIpc) is 2.86. The van der Waals surface area contributed by atoms with Crippen molar-refractivity contribution in [1.29, 1.82) is 5.26 Å². The molecule has 0 aromatic heterocycles. The fourth-order valence-corrected chi connectivity index (χ4v) is 4.22. The zero-order valence-corrected chi connectivity index (χ0v) is 13.9. The molecule has 0 saturated carbocycles. The Morgan fingerprint density at radius 1 is 1.41 bits per heavy atom. The van der Waals surface area contributed by atoms with Gasteiger partial charge in [-0.25, -0.2) is 8.42 Å². The maximum atomic E-state index is 12.8. The molecule has 2 rings (SSSR count). The lowest BCUT2D eigenvalue weighted by molar-refractivity contribution is 0.429. The number of nitrogens with zero attached hydrogens (tertiary/aromatic N) is 2. The van der Waals surface area contributed by atoms with Gasteiger partial charge < -0.3 is 0 Å². The molecule has 1 aromatic carbocycles. The molecule has 4 nitrogen and oxygen atoms in total. The molecule has 1 heterocycles. The first-order chi connectivity index (χ1) is 10.2. The Morgan fingerprint density at radius 3 is 2.50 bits per heavy atom. The van der Waals surface area contributed by atoms with Crippen molar-refractivity contribution in [1.82, 2.24) is 4.31 Å². The molecule has 1 aliphatic heterocycles. The van der Waals surface area contributed by atoms with Crippen molar-refractivity contribution in [2.45, 2.75) is 25.7 Å². The summed E-state index contributed by atoms with van der Waals surface area (Å²) in [7, 11) is -3.57. The summed E-state index contributed by atoms with van der Waals surface area (Å²) in [4.78, 5) is 0.278. The quantitative estimate of drug-likeness (QED) is 0.636. The van der Waals surface area contributed by atoms with E-state index in [0.29, 0.717) is 12.1 Å². The zero-order chi connectivity index (χ0) is 16.5. The summed E-state index contributed by atoms with van der Waals surface area (Å²) in [5, 5.41) is 9.15. The highest BCUT2D eigenvalue weighted by molar-refractivity contribution is 7.89. The van der Waals surface area contributed by atoms with E-state index in [4.69, 9.17) is 5.26 Å². The van der Waals surface area contributed by atoms with Gasteiger partial charge in [0.2, 0.25) is 10.0 Å². The molecule has 1 saturated heterocycles. The average molecular weight is 316 g/mol. The molecule has 0 radical (unpaired) electrons. The Balaban J connectivity index is 2.45. The lowest BCUT2D eigenvalue weighted by atomic mass is 9.83. The van der Waals surface area contributed by atoms with Crippen molar-refractivity contribution >= 4 is 10.0 Å². The van der Waals surface area contributed by atoms with E-state index in [9.17, 15) is 8.42 Å². The van der Waals surface area contributed by atoms with E-state index < -0.39 is 15.4 Å². The molecule has 5 heteroatoms. The van der Waals surface area contributed by atoms with E-state index in [2.05, 4.69) is 12.6 Å². The first-order valence-corrected chi connectivity index (χ1v) is 8.49. The van der Waals surface area contributed by atoms with Gasteiger partial charge in [-0.05, 0) is 31.6 Å². The van der Waals surface area contributed by atoms with E-state index >= 15 is 0 Å². The van der Waals surface area contributed by atoms with Crippen LogP contribution in [0.2, 0.25) is 0 Å². The van der Waals surface area contributed by atoms with Crippen molar-refractivity contribution in [3.8, 4) is 6.07 Å². The molecule has 0 N–H and O–H groups in total. The lowest BCUT2D eigenvalue weighted by Gasteiger charge is -2.21. The molecule has 1 unspecified atom stereocenters. The van der Waals surface area contributed by atoms with Crippen LogP contribution < -0.4 is 0 Å². The molecule has 116 valence electrons. The number of allylic oxidation sites excluding steroid dienone is 1. The molecule has 1 atom stereocenters. The molecule has 0 amide bonds. The van der Waals surface area contributed by atoms with Gasteiger partial charge in [0.25, 0.3) is 0 Å². The SMILES string of the molecule is C=CC1(C)CN(S(=O)(=O)c2ccc(C)cc2)C/C1=C(/C)C#N. The standard InChI is InChI=1S/C17H20N2O2S/c1-5-17(4)12-19(11-16(17)14(3)10-18)22(20,21)15-8-6-13(2)7-9-15/h5-9H,1,11-12H2,2-4H3/b16-14+. The van der Waals surface area contributed by atoms with Crippen LogP contribution in [0.1, 0.15) is 19.4 Å². The topological polar surface area (TPSA) is 61.2 Å². The third-order valence-electron chi connectivity index (χ3n) is 4.26. The van der Waals surface area contributed by atoms with Crippen LogP contribution >= 0.6 is 0 Å². The first kappa shape index (κ1) is 16.5. The van der Waals surface area contributed by atoms with E-state index in [1.165, 1.54) is 4.31 Å². The van der Waals surface area contributed by atoms with Crippen LogP contribution in [-0.2, 0) is 10.0 Å². The highest BCUT2D eigenvalue weighted by Gasteiger charge is 2.42. The second kappa shape index (κ2) is 5.71. The van der Waals surface area contributed by atoms with Crippen LogP contribution in [0.15, 0.2) is 53.0 Å². The lowest BCUT2D eigenvalue weighted by Crippen LogP contribution is -2.30. The van der Waals surface area contributed by atoms with Crippen LogP contribution in [0.4, 0.5) is 0 Å². The van der Waals surface area contributed by atoms with Crippen molar-refractivity contribution in [2.24, 2.45) is 5.41 Å². The van der Waals surface area contributed by atoms with E-state index in [1.807, 2.05) is 13.8 Å². The van der Waals surface area contributed by atoms with Crippen molar-refractivity contribution in [3.63, 3.8) is 0 Å². The fourth-order valence-electron chi connectivity index (χ4n) is 2.71. The number of hydrogen-bond donors (Lipinski definition) is 0. The summed E-state index contributed by atoms with van der Waals surface area (Å²) in [5.41, 5.74) is 1.89. The molecule has 1 aromatic rings. The number of hydrogen-bond acceptors (Lipinski definition) is 3. The highest BCUT2D eigenvalue weighted by atomic mass is 32.2. The predicted molar refractivity (Wildman–Crippen MR) is 86.6 cm³/mol. The van der Waals surface area contributed by atoms with Crippen molar-refractivity contribution in [3.05, 3.63) is 53.6 Å². The summed E-state index contributed by atoms with van der Waals surface area (Å²) in [6.07, 6.45) is 1.73. The summed E-state index contributed by atoms with van der Waals surface area (Å²) < 4.78 is 27.0. The smallest absolute Gasteiger partial charge is 0.207 e. The number of benzene rings is 1. The minimum Gasteiger partial charge on any atom is -0.207 e. The molecule has 0 spiro atoms. The van der Waals surface area contributed by atoms with E-state index in [1.54, 1.807) is 37.3 Å². The van der Waals surface area contributed by atoms with Crippen LogP contribution in [0.25, 0.3) is 0 Å². The molecule has 0 aliphatic carbocycles. The Hall–Kier alpha value is -1.90. The summed E-state index contributed by atoms with van der Waals surface area (Å²) in [5.74, 6) is 0. The van der Waals surface area contributed by atoms with Gasteiger partial charge in [-0.3, -0.25) is 0 Å². The predicted octanol–water partition coefficient (Wildman–Crippen LogP) is 3.03. The Kier molecular flexibility index (Phi) is 4.28. The van der Waals surface area contributed by atoms with Crippen LogP contribution in [0.5, 0.6) is 0 Å². The second-order valence-electron chi connectivity index (χ2n) is 5.92. The maximum absolute atomic E-state index is 12.8. The molecular formula is C17H20N2O2S. The third-order valence-corrected chi connectivity index (χ3v) is 6.06. The number of aryl methyl sites for hydroxylation is 1. The number of rotatable bonds is 3. The number of nitriles is 1. The van der Waals surface area contributed by atoms with E-state index in [0.717, 1.165) is 11.1 Å². The summed E-state index contributed by atoms with van der Waals surface area (Å²) >= 11 is 0. The summed E-state index contributed by atoms with van der Waals surface area (Å²) in [6.45, 7) is 9.91. The summed E-state index contributed by atoms with van der Waals surface area (Å²) in [6, 6.07) is 8.93. The van der Waals surface area contributed by atoms with E-state index in [-0.39, 0.29) is 11.4 Å². The normalized spacial score (nSPS) is 24.8. The van der Waals surface area contributed by atoms with Crippen LogP contribution in [0, 0.1) is 23.7 Å². The van der Waals surface area contributed by atoms with Crippen molar-refractivity contribution in [2.75, 3.05) is 13.1 Å². The highest BCUT2D eigenvalue weighted by Crippen LogP contribution is 2.40. The Bertz CT molecular complexity index is 770. The maximum Gasteiger partial charge on any atom is 0.243 e. The van der Waals surface area contributed by atoms with Gasteiger partial charge in [0.1, 0.15) is 0 Å². The number of sulfonamides is 1. The minimum atomic E-state index is -3.57. The fraction of sp³-hybridized carbons (Fsp3) is 0.353. The van der Waals surface area contributed by atoms with Gasteiger partial charge in [-0.2, -0.15) is 9.57 Å². The molecule has 0 bridgehead atoms. The van der Waals surface area contributed by atoms with Gasteiger partial charge in [0.05, 0.1) is 11.0 Å². The molecular weight excluding hydrogens is 296 g/mol. The zero-order valence-electron chi connectivity index (χ0n) is 13.1. The Labute approximate surface area is 132 Å². The monoisotopic (exact) mass is 316 g/mol. The van der Waals surface area contributed by atoms with Gasteiger partial charge in [-0.1, -0.05) is 30.7 Å². The minimum absolute atomic E-state index is 0.234.